The van der Waals surface area contributed by atoms with Crippen molar-refractivity contribution in [3.05, 3.63) is 12.2 Å². The zero-order chi connectivity index (χ0) is 30.1. The third kappa shape index (κ3) is 14.3. The summed E-state index contributed by atoms with van der Waals surface area (Å²) in [6, 6.07) is 1.10. The van der Waals surface area contributed by atoms with Crippen LogP contribution in [0.25, 0.3) is 0 Å². The van der Waals surface area contributed by atoms with Gasteiger partial charge in [-0.15, -0.1) is 0 Å². The van der Waals surface area contributed by atoms with Crippen LogP contribution in [0.5, 0.6) is 0 Å². The highest BCUT2D eigenvalue weighted by Gasteiger charge is 2.47. The SMILES string of the molecule is CCCCC[C@H](/C=C/[C@@H](OCOCC[Si](C)(C)C)[C@@H]1C[C@H]1[C@@H](O)COC(=O)C(C)(C)C)O[Si](C)(C)C(C)(C)C. The van der Waals surface area contributed by atoms with Crippen LogP contribution in [0.4, 0.5) is 0 Å². The van der Waals surface area contributed by atoms with Crippen molar-refractivity contribution >= 4 is 22.4 Å². The highest BCUT2D eigenvalue weighted by molar-refractivity contribution is 6.76. The Hall–Kier alpha value is -0.516. The maximum atomic E-state index is 12.2. The van der Waals surface area contributed by atoms with Gasteiger partial charge in [0.1, 0.15) is 13.4 Å². The van der Waals surface area contributed by atoms with E-state index in [0.717, 1.165) is 25.3 Å². The summed E-state index contributed by atoms with van der Waals surface area (Å²) in [5.41, 5.74) is -0.582. The summed E-state index contributed by atoms with van der Waals surface area (Å²) < 4.78 is 24.3. The molecular weight excluding hydrogens is 525 g/mol. The van der Waals surface area contributed by atoms with Crippen LogP contribution in [0, 0.1) is 17.3 Å². The molecule has 0 saturated heterocycles. The van der Waals surface area contributed by atoms with Crippen LogP contribution in [0.3, 0.4) is 0 Å². The van der Waals surface area contributed by atoms with Crippen molar-refractivity contribution in [2.75, 3.05) is 20.0 Å². The summed E-state index contributed by atoms with van der Waals surface area (Å²) in [6.07, 6.45) is 8.86. The first-order valence-corrected chi connectivity index (χ1v) is 21.8. The molecule has 1 aliphatic rings. The molecule has 1 saturated carbocycles. The number of hydrogen-bond acceptors (Lipinski definition) is 6. The lowest BCUT2D eigenvalue weighted by atomic mass is 9.97. The number of ether oxygens (including phenoxy) is 3. The van der Waals surface area contributed by atoms with Crippen LogP contribution < -0.4 is 0 Å². The van der Waals surface area contributed by atoms with E-state index in [0.29, 0.717) is 6.61 Å². The van der Waals surface area contributed by atoms with Crippen molar-refractivity contribution in [1.82, 2.24) is 0 Å². The molecule has 8 heteroatoms. The van der Waals surface area contributed by atoms with Crippen molar-refractivity contribution in [2.24, 2.45) is 17.3 Å². The smallest absolute Gasteiger partial charge is 0.311 e. The minimum Gasteiger partial charge on any atom is -0.463 e. The van der Waals surface area contributed by atoms with Crippen LogP contribution in [-0.2, 0) is 23.4 Å². The monoisotopic (exact) mass is 586 g/mol. The van der Waals surface area contributed by atoms with Crippen molar-refractivity contribution < 1.29 is 28.5 Å². The van der Waals surface area contributed by atoms with Crippen LogP contribution in [0.2, 0.25) is 43.8 Å². The zero-order valence-electron chi connectivity index (χ0n) is 27.4. The molecule has 0 aromatic rings. The number of rotatable bonds is 18. The molecule has 0 spiro atoms. The molecule has 1 N–H and O–H groups in total. The number of carbonyl (C=O) groups excluding carboxylic acids is 1. The van der Waals surface area contributed by atoms with Crippen LogP contribution >= 0.6 is 0 Å². The number of esters is 1. The highest BCUT2D eigenvalue weighted by atomic mass is 28.4. The number of unbranched alkanes of at least 4 members (excludes halogenated alkanes) is 2. The number of hydrogen-bond donors (Lipinski definition) is 1. The van der Waals surface area contributed by atoms with Crippen LogP contribution in [0.1, 0.15) is 80.6 Å². The Kier molecular flexibility index (Phi) is 14.6. The Morgan fingerprint density at radius 2 is 1.64 bits per heavy atom. The molecule has 0 bridgehead atoms. The van der Waals surface area contributed by atoms with E-state index in [9.17, 15) is 9.90 Å². The van der Waals surface area contributed by atoms with Gasteiger partial charge in [0.05, 0.1) is 23.7 Å². The van der Waals surface area contributed by atoms with Gasteiger partial charge in [-0.1, -0.05) is 78.8 Å². The van der Waals surface area contributed by atoms with Gasteiger partial charge in [0.15, 0.2) is 8.32 Å². The topological polar surface area (TPSA) is 74.2 Å². The van der Waals surface area contributed by atoms with E-state index in [1.54, 1.807) is 0 Å². The molecule has 1 aliphatic carbocycles. The van der Waals surface area contributed by atoms with E-state index in [1.165, 1.54) is 12.8 Å². The minimum absolute atomic E-state index is 0.0224. The number of carbonyl (C=O) groups is 1. The molecule has 230 valence electrons. The van der Waals surface area contributed by atoms with Crippen molar-refractivity contribution in [2.45, 2.75) is 143 Å². The van der Waals surface area contributed by atoms with E-state index in [1.807, 2.05) is 20.8 Å². The maximum absolute atomic E-state index is 12.2. The van der Waals surface area contributed by atoms with E-state index >= 15 is 0 Å². The third-order valence-corrected chi connectivity index (χ3v) is 14.2. The van der Waals surface area contributed by atoms with E-state index in [-0.39, 0.29) is 48.5 Å². The van der Waals surface area contributed by atoms with Crippen molar-refractivity contribution in [1.29, 1.82) is 0 Å². The van der Waals surface area contributed by atoms with Gasteiger partial charge in [-0.05, 0) is 69.6 Å². The van der Waals surface area contributed by atoms with Gasteiger partial charge in [-0.3, -0.25) is 4.79 Å². The van der Waals surface area contributed by atoms with E-state index in [2.05, 4.69) is 72.6 Å². The molecule has 0 aromatic heterocycles. The first kappa shape index (κ1) is 36.5. The maximum Gasteiger partial charge on any atom is 0.311 e. The summed E-state index contributed by atoms with van der Waals surface area (Å²) >= 11 is 0. The first-order valence-electron chi connectivity index (χ1n) is 15.2. The lowest BCUT2D eigenvalue weighted by Crippen LogP contribution is -2.43. The predicted octanol–water partition coefficient (Wildman–Crippen LogP) is 7.80. The molecule has 0 unspecified atom stereocenters. The second-order valence-corrected chi connectivity index (χ2v) is 25.6. The van der Waals surface area contributed by atoms with Crippen molar-refractivity contribution in [3.8, 4) is 0 Å². The Bertz CT molecular complexity index is 748. The Morgan fingerprint density at radius 3 is 2.18 bits per heavy atom. The third-order valence-electron chi connectivity index (χ3n) is 8.00. The largest absolute Gasteiger partial charge is 0.463 e. The number of aliphatic hydroxyl groups excluding tert-OH is 1. The molecule has 6 nitrogen and oxygen atoms in total. The Labute approximate surface area is 242 Å². The summed E-state index contributed by atoms with van der Waals surface area (Å²) in [7, 11) is -3.10. The first-order chi connectivity index (χ1) is 17.8. The summed E-state index contributed by atoms with van der Waals surface area (Å²) in [5.74, 6) is -0.0939. The normalized spacial score (nSPS) is 21.2. The van der Waals surface area contributed by atoms with Gasteiger partial charge < -0.3 is 23.7 Å². The second kappa shape index (κ2) is 15.6. The Balaban J connectivity index is 2.93. The van der Waals surface area contributed by atoms with Crippen LogP contribution in [-0.4, -0.2) is 65.8 Å². The second-order valence-electron chi connectivity index (χ2n) is 15.2. The summed E-state index contributed by atoms with van der Waals surface area (Å²) in [6.45, 7) is 27.1. The Morgan fingerprint density at radius 1 is 1.00 bits per heavy atom. The number of aliphatic hydroxyl groups is 1. The average molecular weight is 587 g/mol. The lowest BCUT2D eigenvalue weighted by Gasteiger charge is -2.38. The molecule has 0 aromatic carbocycles. The van der Waals surface area contributed by atoms with Gasteiger partial charge in [0, 0.05) is 14.7 Å². The molecule has 0 heterocycles. The van der Waals surface area contributed by atoms with Gasteiger partial charge >= 0.3 is 5.97 Å². The summed E-state index contributed by atoms with van der Waals surface area (Å²) in [5, 5.41) is 10.9. The van der Waals surface area contributed by atoms with Crippen molar-refractivity contribution in [3.63, 3.8) is 0 Å². The molecule has 1 rings (SSSR count). The molecule has 0 aliphatic heterocycles. The van der Waals surface area contributed by atoms with Gasteiger partial charge in [0.2, 0.25) is 0 Å². The fraction of sp³-hybridized carbons (Fsp3) is 0.903. The molecule has 0 radical (unpaired) electrons. The van der Waals surface area contributed by atoms with Crippen LogP contribution in [0.15, 0.2) is 12.2 Å². The molecular formula is C31H62O6Si2. The fourth-order valence-electron chi connectivity index (χ4n) is 4.02. The summed E-state index contributed by atoms with van der Waals surface area (Å²) in [4.78, 5) is 12.2. The fourth-order valence-corrected chi connectivity index (χ4v) is 6.09. The van der Waals surface area contributed by atoms with Gasteiger partial charge in [-0.25, -0.2) is 0 Å². The standard InChI is InChI=1S/C31H62O6Si2/c1-13-14-15-16-24(37-39(11,12)31(5,6)7)17-18-28(36-23-34-19-20-38(8,9)10)26-21-25(26)27(32)22-35-29(33)30(2,3)4/h17-18,24-28,32H,13-16,19-23H2,1-12H3/b18-17+/t24-,25-,26-,27+,28-/m1/s1. The van der Waals surface area contributed by atoms with E-state index < -0.39 is 27.9 Å². The van der Waals surface area contributed by atoms with Gasteiger partial charge in [0.25, 0.3) is 0 Å². The van der Waals surface area contributed by atoms with Gasteiger partial charge in [-0.2, -0.15) is 0 Å². The average Bonchev–Trinajstić information content (AvgIpc) is 3.57. The highest BCUT2D eigenvalue weighted by Crippen LogP contribution is 2.46. The molecule has 5 atom stereocenters. The molecule has 39 heavy (non-hydrogen) atoms. The lowest BCUT2D eigenvalue weighted by molar-refractivity contribution is -0.156. The van der Waals surface area contributed by atoms with E-state index in [4.69, 9.17) is 18.6 Å². The predicted molar refractivity (Wildman–Crippen MR) is 167 cm³/mol. The minimum atomic E-state index is -1.94. The molecule has 1 fully saturated rings. The zero-order valence-corrected chi connectivity index (χ0v) is 29.4. The quantitative estimate of drug-likeness (QED) is 0.0581. The molecule has 0 amide bonds.